The average Bonchev–Trinajstić information content (AvgIpc) is 3.72. The Morgan fingerprint density at radius 3 is 2.62 bits per heavy atom. The molecule has 1 aliphatic heterocycles. The molecule has 5 atom stereocenters. The van der Waals surface area contributed by atoms with Gasteiger partial charge in [-0.2, -0.15) is 15.6 Å². The van der Waals surface area contributed by atoms with Gasteiger partial charge in [0.25, 0.3) is 5.91 Å². The van der Waals surface area contributed by atoms with E-state index in [2.05, 4.69) is 10.7 Å². The number of aliphatic hydroxyl groups excluding tert-OH is 1. The number of hydrogen-bond acceptors (Lipinski definition) is 8. The maximum Gasteiger partial charge on any atom is 0.286 e. The molecule has 1 amide bonds. The molecule has 5 rings (SSSR count). The number of nitrogens with zero attached hydrogens (tertiary/aromatic N) is 1. The molecule has 11 heteroatoms. The van der Waals surface area contributed by atoms with Crippen LogP contribution in [0.4, 0.5) is 0 Å². The Morgan fingerprint density at radius 2 is 1.97 bits per heavy atom. The van der Waals surface area contributed by atoms with Crippen LogP contribution in [0.3, 0.4) is 0 Å². The summed E-state index contributed by atoms with van der Waals surface area (Å²) in [4.78, 5) is 13.3. The van der Waals surface area contributed by atoms with Gasteiger partial charge in [0.1, 0.15) is 5.75 Å². The highest BCUT2D eigenvalue weighted by Crippen LogP contribution is 2.44. The van der Waals surface area contributed by atoms with Crippen molar-refractivity contribution in [1.29, 1.82) is 0 Å². The first-order chi connectivity index (χ1) is 18.9. The second-order valence-electron chi connectivity index (χ2n) is 10.4. The van der Waals surface area contributed by atoms with Crippen molar-refractivity contribution in [3.63, 3.8) is 0 Å². The van der Waals surface area contributed by atoms with E-state index in [1.165, 1.54) is 42.8 Å². The highest BCUT2D eigenvalue weighted by Gasteiger charge is 2.41. The number of ether oxygens (including phenoxy) is 3. The molecule has 1 aromatic carbocycles. The van der Waals surface area contributed by atoms with Crippen molar-refractivity contribution in [2.75, 3.05) is 33.4 Å². The van der Waals surface area contributed by atoms with Crippen LogP contribution in [-0.4, -0.2) is 69.5 Å². The van der Waals surface area contributed by atoms with Crippen molar-refractivity contribution < 1.29 is 32.5 Å². The molecule has 2 heterocycles. The van der Waals surface area contributed by atoms with Crippen LogP contribution < -0.4 is 10.1 Å². The van der Waals surface area contributed by atoms with E-state index in [0.29, 0.717) is 24.0 Å². The van der Waals surface area contributed by atoms with E-state index in [1.807, 2.05) is 17.5 Å². The molecule has 3 unspecified atom stereocenters. The minimum absolute atomic E-state index is 0.0221. The minimum atomic E-state index is -3.86. The molecule has 212 valence electrons. The second-order valence-corrected chi connectivity index (χ2v) is 13.1. The molecule has 2 N–H and O–H groups in total. The van der Waals surface area contributed by atoms with Gasteiger partial charge in [-0.15, -0.1) is 0 Å². The molecule has 1 aromatic heterocycles. The lowest BCUT2D eigenvalue weighted by atomic mass is 9.94. The van der Waals surface area contributed by atoms with Crippen LogP contribution in [0, 0.1) is 11.8 Å². The van der Waals surface area contributed by atoms with Crippen LogP contribution in [0.1, 0.15) is 43.6 Å². The van der Waals surface area contributed by atoms with Gasteiger partial charge in [-0.05, 0) is 83.8 Å². The number of methoxy groups -OCH3 is 1. The number of aliphatic hydroxyl groups is 1. The van der Waals surface area contributed by atoms with Crippen molar-refractivity contribution in [2.45, 2.75) is 55.2 Å². The number of thiophene rings is 1. The molecular formula is C28H36N2O7S2. The third-order valence-electron chi connectivity index (χ3n) is 8.00. The number of nitrogens with one attached hydrogen (secondary N) is 1. The Balaban J connectivity index is 1.23. The zero-order valence-corrected chi connectivity index (χ0v) is 23.7. The molecule has 0 radical (unpaired) electrons. The molecular weight excluding hydrogens is 540 g/mol. The Hall–Kier alpha value is -2.44. The van der Waals surface area contributed by atoms with Gasteiger partial charge in [-0.3, -0.25) is 4.79 Å². The number of sulfonamides is 1. The lowest BCUT2D eigenvalue weighted by Crippen LogP contribution is -2.41. The molecule has 2 saturated carbocycles. The summed E-state index contributed by atoms with van der Waals surface area (Å²) >= 11 is 1.59. The molecule has 2 fully saturated rings. The molecule has 3 aliphatic rings. The summed E-state index contributed by atoms with van der Waals surface area (Å²) < 4.78 is 44.7. The first kappa shape index (κ1) is 28.1. The maximum atomic E-state index is 13.2. The van der Waals surface area contributed by atoms with Crippen LogP contribution in [0.5, 0.6) is 5.75 Å². The molecule has 0 spiro atoms. The standard InChI is InChI=1S/C28H36N2O7S2/c1-35-23-4-6-24(7-5-23)39(33,34)30(9-11-31)10-12-36-27-17-22(21-8-13-38-18-21)16-26(37-27)28(32)29-25-15-19-2-3-20(25)14-19/h4-8,13,16,18-20,22,25,27,31H,2-3,9-12,14-15,17H2,1H3,(H,29,32)/t19?,20?,22-,25?,27+/m1/s1. The van der Waals surface area contributed by atoms with Gasteiger partial charge in [0, 0.05) is 31.5 Å². The molecule has 2 aromatic rings. The molecule has 9 nitrogen and oxygen atoms in total. The van der Waals surface area contributed by atoms with Crippen molar-refractivity contribution in [1.82, 2.24) is 9.62 Å². The Kier molecular flexibility index (Phi) is 8.92. The lowest BCUT2D eigenvalue weighted by Gasteiger charge is -2.31. The summed E-state index contributed by atoms with van der Waals surface area (Å²) in [5.74, 6) is 1.80. The number of fused-ring (bicyclic) bond motifs is 2. The summed E-state index contributed by atoms with van der Waals surface area (Å²) in [7, 11) is -2.34. The zero-order chi connectivity index (χ0) is 27.4. The summed E-state index contributed by atoms with van der Waals surface area (Å²) in [5.41, 5.74) is 1.09. The fourth-order valence-corrected chi connectivity index (χ4v) is 8.08. The third kappa shape index (κ3) is 6.49. The van der Waals surface area contributed by atoms with E-state index in [9.17, 15) is 18.3 Å². The smallest absolute Gasteiger partial charge is 0.286 e. The van der Waals surface area contributed by atoms with Crippen LogP contribution in [0.25, 0.3) is 0 Å². The fraction of sp³-hybridized carbons (Fsp3) is 0.536. The van der Waals surface area contributed by atoms with E-state index in [4.69, 9.17) is 14.2 Å². The Morgan fingerprint density at radius 1 is 1.15 bits per heavy atom. The third-order valence-corrected chi connectivity index (χ3v) is 10.6. The normalized spacial score (nSPS) is 26.3. The number of rotatable bonds is 12. The predicted octanol–water partition coefficient (Wildman–Crippen LogP) is 3.48. The summed E-state index contributed by atoms with van der Waals surface area (Å²) in [6.45, 7) is -0.338. The van der Waals surface area contributed by atoms with Gasteiger partial charge in [-0.25, -0.2) is 8.42 Å². The molecule has 0 saturated heterocycles. The van der Waals surface area contributed by atoms with Crippen LogP contribution in [0.2, 0.25) is 0 Å². The van der Waals surface area contributed by atoms with Gasteiger partial charge in [-0.1, -0.05) is 6.42 Å². The average molecular weight is 577 g/mol. The van der Waals surface area contributed by atoms with E-state index >= 15 is 0 Å². The van der Waals surface area contributed by atoms with Crippen molar-refractivity contribution in [3.05, 3.63) is 58.5 Å². The molecule has 39 heavy (non-hydrogen) atoms. The first-order valence-corrected chi connectivity index (χ1v) is 15.8. The molecule has 2 bridgehead atoms. The van der Waals surface area contributed by atoms with Gasteiger partial charge in [0.05, 0.1) is 25.2 Å². The second kappa shape index (κ2) is 12.4. The van der Waals surface area contributed by atoms with E-state index in [1.54, 1.807) is 23.5 Å². The van der Waals surface area contributed by atoms with Crippen molar-refractivity contribution in [3.8, 4) is 5.75 Å². The van der Waals surface area contributed by atoms with E-state index in [0.717, 1.165) is 12.0 Å². The van der Waals surface area contributed by atoms with Crippen molar-refractivity contribution in [2.24, 2.45) is 11.8 Å². The number of carbonyl (C=O) groups excluding carboxylic acids is 1. The summed E-state index contributed by atoms with van der Waals surface area (Å²) in [6.07, 6.45) is 6.32. The number of allylic oxidation sites excluding steroid dienone is 1. The van der Waals surface area contributed by atoms with Crippen molar-refractivity contribution >= 4 is 27.3 Å². The van der Waals surface area contributed by atoms with Gasteiger partial charge >= 0.3 is 0 Å². The van der Waals surface area contributed by atoms with E-state index < -0.39 is 16.3 Å². The topological polar surface area (TPSA) is 114 Å². The number of hydrogen-bond donors (Lipinski definition) is 2. The number of carbonyl (C=O) groups is 1. The minimum Gasteiger partial charge on any atom is -0.497 e. The number of amides is 1. The van der Waals surface area contributed by atoms with E-state index in [-0.39, 0.29) is 54.8 Å². The van der Waals surface area contributed by atoms with Gasteiger partial charge in [0.2, 0.25) is 16.3 Å². The zero-order valence-electron chi connectivity index (χ0n) is 22.0. The highest BCUT2D eigenvalue weighted by atomic mass is 32.2. The quantitative estimate of drug-likeness (QED) is 0.398. The monoisotopic (exact) mass is 576 g/mol. The molecule has 2 aliphatic carbocycles. The van der Waals surface area contributed by atoms with Crippen LogP contribution >= 0.6 is 11.3 Å². The lowest BCUT2D eigenvalue weighted by molar-refractivity contribution is -0.147. The summed E-state index contributed by atoms with van der Waals surface area (Å²) in [5, 5.41) is 16.8. The largest absolute Gasteiger partial charge is 0.497 e. The Labute approximate surface area is 233 Å². The van der Waals surface area contributed by atoms with Crippen LogP contribution in [-0.2, 0) is 24.3 Å². The highest BCUT2D eigenvalue weighted by molar-refractivity contribution is 7.89. The Bertz CT molecular complexity index is 1250. The SMILES string of the molecule is COc1ccc(S(=O)(=O)N(CCO)CCO[C@@H]2C[C@H](c3ccsc3)C=C(C(=O)NC3CC4CCC3C4)O2)cc1. The van der Waals surface area contributed by atoms with Gasteiger partial charge in [0.15, 0.2) is 5.76 Å². The number of benzene rings is 1. The predicted molar refractivity (Wildman–Crippen MR) is 147 cm³/mol. The first-order valence-electron chi connectivity index (χ1n) is 13.5. The van der Waals surface area contributed by atoms with Gasteiger partial charge < -0.3 is 24.6 Å². The van der Waals surface area contributed by atoms with Crippen LogP contribution in [0.15, 0.2) is 57.8 Å². The maximum absolute atomic E-state index is 13.2. The fourth-order valence-electron chi connectivity index (χ4n) is 5.94. The summed E-state index contributed by atoms with van der Waals surface area (Å²) in [6, 6.07) is 8.33.